The van der Waals surface area contributed by atoms with Gasteiger partial charge in [-0.2, -0.15) is 0 Å². The van der Waals surface area contributed by atoms with Crippen molar-refractivity contribution in [2.45, 2.75) is 38.6 Å². The molecule has 0 aromatic rings. The van der Waals surface area contributed by atoms with E-state index in [9.17, 15) is 9.59 Å². The molecule has 2 aliphatic rings. The second-order valence-corrected chi connectivity index (χ2v) is 5.35. The first kappa shape index (κ1) is 13.3. The van der Waals surface area contributed by atoms with E-state index in [0.717, 1.165) is 32.2 Å². The summed E-state index contributed by atoms with van der Waals surface area (Å²) < 4.78 is 0. The van der Waals surface area contributed by atoms with E-state index < -0.39 is 0 Å². The molecule has 0 radical (unpaired) electrons. The van der Waals surface area contributed by atoms with E-state index in [1.54, 1.807) is 0 Å². The first-order valence-corrected chi connectivity index (χ1v) is 6.97. The summed E-state index contributed by atoms with van der Waals surface area (Å²) in [5.41, 5.74) is 0. The highest BCUT2D eigenvalue weighted by Gasteiger charge is 2.29. The summed E-state index contributed by atoms with van der Waals surface area (Å²) in [5.74, 6) is 0.550. The van der Waals surface area contributed by atoms with E-state index in [1.165, 1.54) is 0 Å². The Morgan fingerprint density at radius 2 is 1.78 bits per heavy atom. The van der Waals surface area contributed by atoms with E-state index >= 15 is 0 Å². The minimum Gasteiger partial charge on any atom is -0.354 e. The average molecular weight is 253 g/mol. The lowest BCUT2D eigenvalue weighted by Crippen LogP contribution is -2.47. The molecular weight excluding hydrogens is 230 g/mol. The highest BCUT2D eigenvalue weighted by Crippen LogP contribution is 2.28. The van der Waals surface area contributed by atoms with Gasteiger partial charge in [0.2, 0.25) is 11.8 Å². The van der Waals surface area contributed by atoms with Gasteiger partial charge in [0.05, 0.1) is 5.92 Å². The minimum atomic E-state index is 0.0675. The van der Waals surface area contributed by atoms with Crippen molar-refractivity contribution in [3.05, 3.63) is 0 Å². The van der Waals surface area contributed by atoms with Crippen LogP contribution in [0.4, 0.5) is 0 Å². The molecule has 1 saturated carbocycles. The maximum atomic E-state index is 11.9. The van der Waals surface area contributed by atoms with E-state index in [2.05, 4.69) is 22.9 Å². The summed E-state index contributed by atoms with van der Waals surface area (Å²) in [6, 6.07) is 0.250. The van der Waals surface area contributed by atoms with E-state index in [4.69, 9.17) is 0 Å². The SMILES string of the molecule is CC1NCCCC1C(=O)NCCNC(=O)C1CC1. The molecular formula is C13H23N3O2. The molecule has 1 saturated heterocycles. The fourth-order valence-corrected chi connectivity index (χ4v) is 2.39. The number of hydrogen-bond acceptors (Lipinski definition) is 3. The topological polar surface area (TPSA) is 70.2 Å². The van der Waals surface area contributed by atoms with E-state index in [0.29, 0.717) is 13.1 Å². The fraction of sp³-hybridized carbons (Fsp3) is 0.846. The molecule has 5 heteroatoms. The fourth-order valence-electron chi connectivity index (χ4n) is 2.39. The molecule has 2 unspecified atom stereocenters. The predicted octanol–water partition coefficient (Wildman–Crippen LogP) is 0.0169. The minimum absolute atomic E-state index is 0.0675. The molecule has 2 fully saturated rings. The van der Waals surface area contributed by atoms with Crippen LogP contribution < -0.4 is 16.0 Å². The lowest BCUT2D eigenvalue weighted by atomic mass is 9.91. The van der Waals surface area contributed by atoms with Crippen LogP contribution in [-0.4, -0.2) is 37.5 Å². The summed E-state index contributed by atoms with van der Waals surface area (Å²) >= 11 is 0. The summed E-state index contributed by atoms with van der Waals surface area (Å²) in [5, 5.41) is 9.06. The van der Waals surface area contributed by atoms with Crippen LogP contribution >= 0.6 is 0 Å². The second kappa shape index (κ2) is 6.18. The molecule has 1 heterocycles. The molecule has 2 atom stereocenters. The number of rotatable bonds is 5. The van der Waals surface area contributed by atoms with Gasteiger partial charge in [0.15, 0.2) is 0 Å². The van der Waals surface area contributed by atoms with Crippen molar-refractivity contribution in [1.29, 1.82) is 0 Å². The van der Waals surface area contributed by atoms with Crippen LogP contribution in [-0.2, 0) is 9.59 Å². The van der Waals surface area contributed by atoms with Crippen molar-refractivity contribution in [3.8, 4) is 0 Å². The maximum absolute atomic E-state index is 11.9. The van der Waals surface area contributed by atoms with Crippen molar-refractivity contribution in [1.82, 2.24) is 16.0 Å². The van der Waals surface area contributed by atoms with Gasteiger partial charge in [-0.25, -0.2) is 0 Å². The highest BCUT2D eigenvalue weighted by molar-refractivity contribution is 5.81. The normalized spacial score (nSPS) is 27.6. The lowest BCUT2D eigenvalue weighted by Gasteiger charge is -2.28. The smallest absolute Gasteiger partial charge is 0.224 e. The second-order valence-electron chi connectivity index (χ2n) is 5.35. The van der Waals surface area contributed by atoms with Gasteiger partial charge in [0.1, 0.15) is 0 Å². The molecule has 2 rings (SSSR count). The molecule has 0 bridgehead atoms. The van der Waals surface area contributed by atoms with Gasteiger partial charge in [0, 0.05) is 25.0 Å². The number of carbonyl (C=O) groups is 2. The Morgan fingerprint density at radius 3 is 2.39 bits per heavy atom. The van der Waals surface area contributed by atoms with E-state index in [1.807, 2.05) is 0 Å². The van der Waals surface area contributed by atoms with Crippen LogP contribution in [0.1, 0.15) is 32.6 Å². The Balaban J connectivity index is 1.60. The molecule has 3 N–H and O–H groups in total. The predicted molar refractivity (Wildman–Crippen MR) is 68.9 cm³/mol. The van der Waals surface area contributed by atoms with E-state index in [-0.39, 0.29) is 29.7 Å². The van der Waals surface area contributed by atoms with Gasteiger partial charge < -0.3 is 16.0 Å². The van der Waals surface area contributed by atoms with Crippen LogP contribution in [0.3, 0.4) is 0 Å². The van der Waals surface area contributed by atoms with Crippen LogP contribution in [0.25, 0.3) is 0 Å². The van der Waals surface area contributed by atoms with Crippen LogP contribution in [0.15, 0.2) is 0 Å². The van der Waals surface area contributed by atoms with Gasteiger partial charge in [-0.1, -0.05) is 0 Å². The molecule has 1 aliphatic carbocycles. The number of piperidine rings is 1. The van der Waals surface area contributed by atoms with Crippen LogP contribution in [0, 0.1) is 11.8 Å². The Labute approximate surface area is 108 Å². The number of carbonyl (C=O) groups excluding carboxylic acids is 2. The third-order valence-electron chi connectivity index (χ3n) is 3.77. The number of hydrogen-bond donors (Lipinski definition) is 3. The standard InChI is InChI=1S/C13H23N3O2/c1-9-11(3-2-6-14-9)13(18)16-8-7-15-12(17)10-4-5-10/h9-11,14H,2-8H2,1H3,(H,15,17)(H,16,18). The zero-order valence-corrected chi connectivity index (χ0v) is 11.0. The first-order chi connectivity index (χ1) is 8.68. The number of amides is 2. The highest BCUT2D eigenvalue weighted by atomic mass is 16.2. The van der Waals surface area contributed by atoms with Crippen LogP contribution in [0.5, 0.6) is 0 Å². The van der Waals surface area contributed by atoms with Gasteiger partial charge >= 0.3 is 0 Å². The van der Waals surface area contributed by atoms with Crippen molar-refractivity contribution in [2.24, 2.45) is 11.8 Å². The molecule has 0 aromatic carbocycles. The molecule has 5 nitrogen and oxygen atoms in total. The molecule has 1 aliphatic heterocycles. The summed E-state index contributed by atoms with van der Waals surface area (Å²) in [4.78, 5) is 23.3. The monoisotopic (exact) mass is 253 g/mol. The zero-order valence-electron chi connectivity index (χ0n) is 11.0. The molecule has 0 spiro atoms. The Hall–Kier alpha value is -1.10. The molecule has 0 aromatic heterocycles. The van der Waals surface area contributed by atoms with Gasteiger partial charge in [-0.05, 0) is 39.2 Å². The summed E-state index contributed by atoms with van der Waals surface area (Å²) in [7, 11) is 0. The van der Waals surface area contributed by atoms with Crippen molar-refractivity contribution in [3.63, 3.8) is 0 Å². The zero-order chi connectivity index (χ0) is 13.0. The third-order valence-corrected chi connectivity index (χ3v) is 3.77. The van der Waals surface area contributed by atoms with Crippen molar-refractivity contribution in [2.75, 3.05) is 19.6 Å². The van der Waals surface area contributed by atoms with Crippen molar-refractivity contribution < 1.29 is 9.59 Å². The molecule has 102 valence electrons. The van der Waals surface area contributed by atoms with Gasteiger partial charge in [-0.3, -0.25) is 9.59 Å². The first-order valence-electron chi connectivity index (χ1n) is 6.97. The Bertz CT molecular complexity index is 315. The maximum Gasteiger partial charge on any atom is 0.224 e. The van der Waals surface area contributed by atoms with Crippen molar-refractivity contribution >= 4 is 11.8 Å². The van der Waals surface area contributed by atoms with Crippen LogP contribution in [0.2, 0.25) is 0 Å². The molecule has 18 heavy (non-hydrogen) atoms. The largest absolute Gasteiger partial charge is 0.354 e. The summed E-state index contributed by atoms with van der Waals surface area (Å²) in [6.45, 7) is 4.12. The Kier molecular flexibility index (Phi) is 4.58. The Morgan fingerprint density at radius 1 is 1.11 bits per heavy atom. The lowest BCUT2D eigenvalue weighted by molar-refractivity contribution is -0.127. The summed E-state index contributed by atoms with van der Waals surface area (Å²) in [6.07, 6.45) is 4.04. The third kappa shape index (κ3) is 3.70. The quantitative estimate of drug-likeness (QED) is 0.605. The van der Waals surface area contributed by atoms with Gasteiger partial charge in [-0.15, -0.1) is 0 Å². The molecule has 2 amide bonds. The van der Waals surface area contributed by atoms with Gasteiger partial charge in [0.25, 0.3) is 0 Å². The average Bonchev–Trinajstić information content (AvgIpc) is 3.19. The number of nitrogens with one attached hydrogen (secondary N) is 3.